The number of Topliss-reactive ketones (excluding diaryl/α,β-unsaturated/α-hetero) is 1. The predicted molar refractivity (Wildman–Crippen MR) is 95.5 cm³/mol. The van der Waals surface area contributed by atoms with Crippen molar-refractivity contribution >= 4 is 28.3 Å². The van der Waals surface area contributed by atoms with Gasteiger partial charge in [0.1, 0.15) is 0 Å². The number of benzene rings is 2. The molecule has 0 bridgehead atoms. The van der Waals surface area contributed by atoms with Crippen molar-refractivity contribution in [1.82, 2.24) is 15.2 Å². The van der Waals surface area contributed by atoms with E-state index in [0.717, 1.165) is 53.4 Å². The zero-order valence-electron chi connectivity index (χ0n) is 13.2. The zero-order chi connectivity index (χ0) is 16.4. The second kappa shape index (κ2) is 6.69. The maximum atomic E-state index is 12.5. The quantitative estimate of drug-likeness (QED) is 0.535. The number of thioether (sulfide) groups is 1. The molecule has 1 aliphatic rings. The van der Waals surface area contributed by atoms with Crippen LogP contribution in [0.15, 0.2) is 47.6 Å². The molecule has 4 nitrogen and oxygen atoms in total. The summed E-state index contributed by atoms with van der Waals surface area (Å²) in [5.41, 5.74) is 2.80. The van der Waals surface area contributed by atoms with E-state index in [-0.39, 0.29) is 5.78 Å². The highest BCUT2D eigenvalue weighted by molar-refractivity contribution is 7.99. The molecule has 0 unspecified atom stereocenters. The Morgan fingerprint density at radius 3 is 2.62 bits per heavy atom. The maximum absolute atomic E-state index is 12.5. The molecule has 0 radical (unpaired) electrons. The standard InChI is InChI=1S/C19H17N3OS/c23-18(15-10-9-13-5-1-2-6-14(13)11-15)12-24-19-20-16-7-3-4-8-17(16)21-22-19/h1-2,5-6,9-11H,3-4,7-8,12H2. The Kier molecular flexibility index (Phi) is 4.26. The van der Waals surface area contributed by atoms with Gasteiger partial charge in [-0.3, -0.25) is 4.79 Å². The summed E-state index contributed by atoms with van der Waals surface area (Å²) in [6.07, 6.45) is 4.26. The van der Waals surface area contributed by atoms with E-state index in [1.54, 1.807) is 0 Å². The number of carbonyl (C=O) groups excluding carboxylic acids is 1. The first kappa shape index (κ1) is 15.3. The van der Waals surface area contributed by atoms with Gasteiger partial charge in [0.25, 0.3) is 0 Å². The Morgan fingerprint density at radius 2 is 1.75 bits per heavy atom. The highest BCUT2D eigenvalue weighted by atomic mass is 32.2. The Balaban J connectivity index is 1.47. The average Bonchev–Trinajstić information content (AvgIpc) is 2.65. The van der Waals surface area contributed by atoms with Crippen LogP contribution in [0.1, 0.15) is 34.6 Å². The second-order valence-electron chi connectivity index (χ2n) is 5.97. The van der Waals surface area contributed by atoms with Crippen LogP contribution < -0.4 is 0 Å². The van der Waals surface area contributed by atoms with Crippen molar-refractivity contribution in [3.63, 3.8) is 0 Å². The van der Waals surface area contributed by atoms with E-state index in [4.69, 9.17) is 0 Å². The Hall–Kier alpha value is -2.27. The molecule has 1 heterocycles. The van der Waals surface area contributed by atoms with E-state index in [1.165, 1.54) is 11.8 Å². The Labute approximate surface area is 144 Å². The van der Waals surface area contributed by atoms with E-state index >= 15 is 0 Å². The molecule has 1 aromatic heterocycles. The number of aryl methyl sites for hydroxylation is 2. The highest BCUT2D eigenvalue weighted by Crippen LogP contribution is 2.21. The van der Waals surface area contributed by atoms with Gasteiger partial charge in [-0.05, 0) is 42.5 Å². The van der Waals surface area contributed by atoms with Gasteiger partial charge >= 0.3 is 0 Å². The fourth-order valence-corrected chi connectivity index (χ4v) is 3.68. The molecule has 0 fully saturated rings. The molecular weight excluding hydrogens is 318 g/mol. The number of rotatable bonds is 4. The number of fused-ring (bicyclic) bond motifs is 2. The molecule has 0 N–H and O–H groups in total. The van der Waals surface area contributed by atoms with Gasteiger partial charge in [0.05, 0.1) is 17.1 Å². The van der Waals surface area contributed by atoms with Gasteiger partial charge in [-0.15, -0.1) is 5.10 Å². The van der Waals surface area contributed by atoms with Crippen LogP contribution in [-0.4, -0.2) is 26.7 Å². The highest BCUT2D eigenvalue weighted by Gasteiger charge is 2.15. The molecule has 120 valence electrons. The van der Waals surface area contributed by atoms with Crippen LogP contribution in [0.5, 0.6) is 0 Å². The van der Waals surface area contributed by atoms with Gasteiger partial charge in [-0.1, -0.05) is 48.2 Å². The van der Waals surface area contributed by atoms with Crippen molar-refractivity contribution in [1.29, 1.82) is 0 Å². The minimum atomic E-state index is 0.0899. The van der Waals surface area contributed by atoms with Gasteiger partial charge in [0.15, 0.2) is 5.78 Å². The molecule has 3 aromatic rings. The number of hydrogen-bond acceptors (Lipinski definition) is 5. The van der Waals surface area contributed by atoms with Crippen LogP contribution in [-0.2, 0) is 12.8 Å². The fraction of sp³-hybridized carbons (Fsp3) is 0.263. The van der Waals surface area contributed by atoms with E-state index in [2.05, 4.69) is 15.2 Å². The maximum Gasteiger partial charge on any atom is 0.209 e. The number of ketones is 1. The summed E-state index contributed by atoms with van der Waals surface area (Å²) in [6, 6.07) is 13.9. The van der Waals surface area contributed by atoms with E-state index in [0.29, 0.717) is 10.9 Å². The van der Waals surface area contributed by atoms with Crippen LogP contribution in [0, 0.1) is 0 Å². The summed E-state index contributed by atoms with van der Waals surface area (Å²) in [6.45, 7) is 0. The van der Waals surface area contributed by atoms with Gasteiger partial charge in [0, 0.05) is 5.56 Å². The monoisotopic (exact) mass is 335 g/mol. The third kappa shape index (κ3) is 3.17. The molecular formula is C19H17N3OS. The van der Waals surface area contributed by atoms with Gasteiger partial charge in [0.2, 0.25) is 5.16 Å². The minimum Gasteiger partial charge on any atom is -0.293 e. The van der Waals surface area contributed by atoms with Crippen molar-refractivity contribution < 1.29 is 4.79 Å². The normalized spacial score (nSPS) is 13.7. The third-order valence-electron chi connectivity index (χ3n) is 4.30. The van der Waals surface area contributed by atoms with Crippen LogP contribution in [0.4, 0.5) is 0 Å². The molecule has 0 saturated heterocycles. The summed E-state index contributed by atoms with van der Waals surface area (Å²) in [5.74, 6) is 0.422. The lowest BCUT2D eigenvalue weighted by Gasteiger charge is -2.12. The molecule has 24 heavy (non-hydrogen) atoms. The van der Waals surface area contributed by atoms with Crippen molar-refractivity contribution in [2.75, 3.05) is 5.75 Å². The number of carbonyl (C=O) groups is 1. The minimum absolute atomic E-state index is 0.0899. The van der Waals surface area contributed by atoms with E-state index in [9.17, 15) is 4.79 Å². The van der Waals surface area contributed by atoms with Crippen LogP contribution in [0.3, 0.4) is 0 Å². The molecule has 4 rings (SSSR count). The summed E-state index contributed by atoms with van der Waals surface area (Å²) >= 11 is 1.37. The molecule has 0 saturated carbocycles. The predicted octanol–water partition coefficient (Wildman–Crippen LogP) is 3.88. The van der Waals surface area contributed by atoms with Crippen molar-refractivity contribution in [2.24, 2.45) is 0 Å². The van der Waals surface area contributed by atoms with Crippen LogP contribution >= 0.6 is 11.8 Å². The molecule has 2 aromatic carbocycles. The number of aromatic nitrogens is 3. The third-order valence-corrected chi connectivity index (χ3v) is 5.14. The number of nitrogens with zero attached hydrogens (tertiary/aromatic N) is 3. The Morgan fingerprint density at radius 1 is 0.958 bits per heavy atom. The number of hydrogen-bond donors (Lipinski definition) is 0. The molecule has 0 aliphatic heterocycles. The van der Waals surface area contributed by atoms with Gasteiger partial charge in [-0.2, -0.15) is 5.10 Å². The van der Waals surface area contributed by atoms with Gasteiger partial charge < -0.3 is 0 Å². The first-order valence-electron chi connectivity index (χ1n) is 8.17. The summed E-state index contributed by atoms with van der Waals surface area (Å²) in [5, 5.41) is 11.3. The Bertz CT molecular complexity index is 910. The summed E-state index contributed by atoms with van der Waals surface area (Å²) < 4.78 is 0. The average molecular weight is 335 g/mol. The summed E-state index contributed by atoms with van der Waals surface area (Å²) in [7, 11) is 0. The lowest BCUT2D eigenvalue weighted by Crippen LogP contribution is -2.11. The molecule has 0 atom stereocenters. The largest absolute Gasteiger partial charge is 0.293 e. The molecule has 0 spiro atoms. The van der Waals surface area contributed by atoms with Crippen molar-refractivity contribution in [3.8, 4) is 0 Å². The topological polar surface area (TPSA) is 55.7 Å². The van der Waals surface area contributed by atoms with E-state index in [1.807, 2.05) is 42.5 Å². The van der Waals surface area contributed by atoms with Crippen LogP contribution in [0.2, 0.25) is 0 Å². The van der Waals surface area contributed by atoms with E-state index < -0.39 is 0 Å². The zero-order valence-corrected chi connectivity index (χ0v) is 14.1. The molecule has 1 aliphatic carbocycles. The second-order valence-corrected chi connectivity index (χ2v) is 6.91. The van der Waals surface area contributed by atoms with Gasteiger partial charge in [-0.25, -0.2) is 4.98 Å². The molecule has 5 heteroatoms. The lowest BCUT2D eigenvalue weighted by molar-refractivity contribution is 0.102. The fourth-order valence-electron chi connectivity index (χ4n) is 2.98. The first-order valence-corrected chi connectivity index (χ1v) is 9.15. The lowest BCUT2D eigenvalue weighted by atomic mass is 10.0. The molecule has 0 amide bonds. The first-order chi connectivity index (χ1) is 11.8. The van der Waals surface area contributed by atoms with Crippen LogP contribution in [0.25, 0.3) is 10.8 Å². The smallest absolute Gasteiger partial charge is 0.209 e. The van der Waals surface area contributed by atoms with Crippen molar-refractivity contribution in [3.05, 3.63) is 59.4 Å². The van der Waals surface area contributed by atoms with Crippen molar-refractivity contribution in [2.45, 2.75) is 30.8 Å². The summed E-state index contributed by atoms with van der Waals surface area (Å²) in [4.78, 5) is 17.0. The SMILES string of the molecule is O=C(CSc1nnc2c(n1)CCCC2)c1ccc2ccccc2c1.